The second-order valence-electron chi connectivity index (χ2n) is 5.57. The largest absolute Gasteiger partial charge is 0.361 e. The lowest BCUT2D eigenvalue weighted by Crippen LogP contribution is -2.31. The molecule has 1 atom stereocenters. The molecule has 2 aromatic rings. The zero-order chi connectivity index (χ0) is 13.9. The molecule has 0 unspecified atom stereocenters. The van der Waals surface area contributed by atoms with Crippen LogP contribution in [0.2, 0.25) is 0 Å². The van der Waals surface area contributed by atoms with Gasteiger partial charge in [-0.15, -0.1) is 0 Å². The first-order chi connectivity index (χ1) is 9.74. The number of aliphatic imine (C=N–C) groups is 1. The fourth-order valence-electron chi connectivity index (χ4n) is 2.45. The van der Waals surface area contributed by atoms with E-state index in [0.29, 0.717) is 12.0 Å². The minimum Gasteiger partial charge on any atom is -0.361 e. The maximum Gasteiger partial charge on any atom is 0.157 e. The van der Waals surface area contributed by atoms with Crippen molar-refractivity contribution in [2.75, 3.05) is 5.75 Å². The van der Waals surface area contributed by atoms with E-state index in [-0.39, 0.29) is 0 Å². The summed E-state index contributed by atoms with van der Waals surface area (Å²) in [6.07, 6.45) is 0. The molecule has 0 saturated carbocycles. The van der Waals surface area contributed by atoms with Gasteiger partial charge < -0.3 is 5.32 Å². The van der Waals surface area contributed by atoms with E-state index in [2.05, 4.69) is 61.6 Å². The first-order valence-corrected chi connectivity index (χ1v) is 8.13. The third-order valence-corrected chi connectivity index (χ3v) is 4.83. The van der Waals surface area contributed by atoms with Crippen LogP contribution in [0.1, 0.15) is 19.4 Å². The third-order valence-electron chi connectivity index (χ3n) is 3.79. The summed E-state index contributed by atoms with van der Waals surface area (Å²) >= 11 is 1.84. The molecular formula is C17H20N2S. The second-order valence-corrected chi connectivity index (χ2v) is 6.57. The van der Waals surface area contributed by atoms with Crippen LogP contribution in [-0.4, -0.2) is 17.0 Å². The van der Waals surface area contributed by atoms with Gasteiger partial charge in [0.05, 0.1) is 6.54 Å². The van der Waals surface area contributed by atoms with Gasteiger partial charge in [-0.3, -0.25) is 4.99 Å². The van der Waals surface area contributed by atoms with Crippen LogP contribution in [0.5, 0.6) is 0 Å². The van der Waals surface area contributed by atoms with Crippen molar-refractivity contribution in [1.82, 2.24) is 5.32 Å². The van der Waals surface area contributed by atoms with Crippen molar-refractivity contribution < 1.29 is 0 Å². The van der Waals surface area contributed by atoms with Crippen LogP contribution in [0, 0.1) is 5.92 Å². The number of thioether (sulfide) groups is 1. The van der Waals surface area contributed by atoms with Gasteiger partial charge in [0.1, 0.15) is 0 Å². The molecule has 1 N–H and O–H groups in total. The minimum absolute atomic E-state index is 0.561. The summed E-state index contributed by atoms with van der Waals surface area (Å²) in [5.74, 6) is 1.79. The van der Waals surface area contributed by atoms with Crippen molar-refractivity contribution in [2.45, 2.75) is 26.4 Å². The number of hydrogen-bond acceptors (Lipinski definition) is 2. The highest BCUT2D eigenvalue weighted by Crippen LogP contribution is 2.22. The molecule has 1 fully saturated rings. The van der Waals surface area contributed by atoms with Crippen molar-refractivity contribution in [3.63, 3.8) is 0 Å². The Balaban J connectivity index is 1.78. The summed E-state index contributed by atoms with van der Waals surface area (Å²) in [6, 6.07) is 15.5. The van der Waals surface area contributed by atoms with E-state index in [9.17, 15) is 0 Å². The van der Waals surface area contributed by atoms with Crippen molar-refractivity contribution in [1.29, 1.82) is 0 Å². The average molecular weight is 284 g/mol. The molecule has 0 radical (unpaired) electrons. The van der Waals surface area contributed by atoms with E-state index >= 15 is 0 Å². The lowest BCUT2D eigenvalue weighted by atomic mass is 10.1. The summed E-state index contributed by atoms with van der Waals surface area (Å²) < 4.78 is 0. The maximum absolute atomic E-state index is 4.74. The average Bonchev–Trinajstić information content (AvgIpc) is 2.94. The Labute approximate surface area is 124 Å². The highest BCUT2D eigenvalue weighted by molar-refractivity contribution is 8.14. The molecule has 0 amide bonds. The fourth-order valence-corrected chi connectivity index (χ4v) is 3.64. The van der Waals surface area contributed by atoms with Gasteiger partial charge in [-0.2, -0.15) is 0 Å². The Morgan fingerprint density at radius 2 is 2.00 bits per heavy atom. The minimum atomic E-state index is 0.561. The van der Waals surface area contributed by atoms with Gasteiger partial charge in [-0.05, 0) is 22.3 Å². The van der Waals surface area contributed by atoms with E-state index in [1.807, 2.05) is 11.8 Å². The molecule has 0 spiro atoms. The van der Waals surface area contributed by atoms with Crippen LogP contribution in [0.4, 0.5) is 0 Å². The van der Waals surface area contributed by atoms with E-state index in [1.165, 1.54) is 16.3 Å². The number of fused-ring (bicyclic) bond motifs is 1. The first-order valence-electron chi connectivity index (χ1n) is 7.14. The highest BCUT2D eigenvalue weighted by atomic mass is 32.2. The Hall–Kier alpha value is -1.48. The number of hydrogen-bond donors (Lipinski definition) is 1. The lowest BCUT2D eigenvalue weighted by molar-refractivity contribution is 0.503. The molecule has 1 aliphatic rings. The molecule has 20 heavy (non-hydrogen) atoms. The summed E-state index contributed by atoms with van der Waals surface area (Å²) in [6.45, 7) is 5.26. The third kappa shape index (κ3) is 2.83. The highest BCUT2D eigenvalue weighted by Gasteiger charge is 2.22. The van der Waals surface area contributed by atoms with Crippen LogP contribution < -0.4 is 5.32 Å². The van der Waals surface area contributed by atoms with Gasteiger partial charge in [0.25, 0.3) is 0 Å². The Morgan fingerprint density at radius 1 is 1.20 bits per heavy atom. The monoisotopic (exact) mass is 284 g/mol. The molecule has 0 aromatic heterocycles. The Kier molecular flexibility index (Phi) is 3.97. The van der Waals surface area contributed by atoms with Gasteiger partial charge >= 0.3 is 0 Å². The van der Waals surface area contributed by atoms with Crippen molar-refractivity contribution in [2.24, 2.45) is 10.9 Å². The number of rotatable bonds is 3. The van der Waals surface area contributed by atoms with Crippen LogP contribution in [-0.2, 0) is 6.54 Å². The second kappa shape index (κ2) is 5.88. The lowest BCUT2D eigenvalue weighted by Gasteiger charge is -2.13. The predicted molar refractivity (Wildman–Crippen MR) is 89.3 cm³/mol. The molecule has 2 nitrogen and oxygen atoms in total. The summed E-state index contributed by atoms with van der Waals surface area (Å²) in [4.78, 5) is 4.74. The van der Waals surface area contributed by atoms with Gasteiger partial charge in [0.2, 0.25) is 0 Å². The number of nitrogens with zero attached hydrogens (tertiary/aromatic N) is 1. The first kappa shape index (κ1) is 13.5. The number of nitrogens with one attached hydrogen (secondary N) is 1. The SMILES string of the molecule is CC(C)[C@H]1CSC(=NCc2cccc3ccccc23)N1. The summed E-state index contributed by atoms with van der Waals surface area (Å²) in [7, 11) is 0. The molecule has 0 bridgehead atoms. The predicted octanol–water partition coefficient (Wildman–Crippen LogP) is 4.06. The molecule has 1 aliphatic heterocycles. The topological polar surface area (TPSA) is 24.4 Å². The summed E-state index contributed by atoms with van der Waals surface area (Å²) in [5, 5.41) is 7.21. The van der Waals surface area contributed by atoms with Gasteiger partial charge in [0, 0.05) is 11.8 Å². The van der Waals surface area contributed by atoms with Crippen molar-refractivity contribution in [3.8, 4) is 0 Å². The zero-order valence-corrected chi connectivity index (χ0v) is 12.8. The van der Waals surface area contributed by atoms with Crippen LogP contribution in [0.15, 0.2) is 47.5 Å². The smallest absolute Gasteiger partial charge is 0.157 e. The molecule has 0 aliphatic carbocycles. The van der Waals surface area contributed by atoms with E-state index in [0.717, 1.165) is 17.5 Å². The van der Waals surface area contributed by atoms with Crippen LogP contribution in [0.25, 0.3) is 10.8 Å². The van der Waals surface area contributed by atoms with Crippen LogP contribution >= 0.6 is 11.8 Å². The Morgan fingerprint density at radius 3 is 2.80 bits per heavy atom. The van der Waals surface area contributed by atoms with E-state index in [1.54, 1.807) is 0 Å². The van der Waals surface area contributed by atoms with Crippen molar-refractivity contribution >= 4 is 27.7 Å². The van der Waals surface area contributed by atoms with Crippen LogP contribution in [0.3, 0.4) is 0 Å². The molecule has 3 rings (SSSR count). The normalized spacial score (nSPS) is 20.8. The van der Waals surface area contributed by atoms with Gasteiger partial charge in [0.15, 0.2) is 5.17 Å². The maximum atomic E-state index is 4.74. The summed E-state index contributed by atoms with van der Waals surface area (Å²) in [5.41, 5.74) is 1.30. The zero-order valence-electron chi connectivity index (χ0n) is 12.0. The van der Waals surface area contributed by atoms with E-state index in [4.69, 9.17) is 4.99 Å². The molecular weight excluding hydrogens is 264 g/mol. The standard InChI is InChI=1S/C17H20N2S/c1-12(2)16-11-20-17(19-16)18-10-14-8-5-7-13-6-3-4-9-15(13)14/h3-9,12,16H,10-11H2,1-2H3,(H,18,19)/t16-/m1/s1. The molecule has 2 aromatic carbocycles. The molecule has 1 saturated heterocycles. The fraction of sp³-hybridized carbons (Fsp3) is 0.353. The quantitative estimate of drug-likeness (QED) is 0.919. The molecule has 104 valence electrons. The van der Waals surface area contributed by atoms with Gasteiger partial charge in [-0.25, -0.2) is 0 Å². The number of benzene rings is 2. The van der Waals surface area contributed by atoms with Gasteiger partial charge in [-0.1, -0.05) is 68.1 Å². The number of amidine groups is 1. The molecule has 1 heterocycles. The van der Waals surface area contributed by atoms with Crippen molar-refractivity contribution in [3.05, 3.63) is 48.0 Å². The Bertz CT molecular complexity index is 628. The molecule has 3 heteroatoms. The van der Waals surface area contributed by atoms with E-state index < -0.39 is 0 Å².